The summed E-state index contributed by atoms with van der Waals surface area (Å²) in [5, 5.41) is 11.8. The van der Waals surface area contributed by atoms with Crippen LogP contribution in [0.2, 0.25) is 0 Å². The molecule has 2 aromatic heterocycles. The van der Waals surface area contributed by atoms with Crippen LogP contribution in [0.15, 0.2) is 18.3 Å². The lowest BCUT2D eigenvalue weighted by atomic mass is 10.1. The van der Waals surface area contributed by atoms with Crippen molar-refractivity contribution in [3.63, 3.8) is 0 Å². The fourth-order valence-corrected chi connectivity index (χ4v) is 1.27. The molecular weight excluding hydrogens is 190 g/mol. The lowest BCUT2D eigenvalue weighted by molar-refractivity contribution is 0.630. The highest BCUT2D eigenvalue weighted by molar-refractivity contribution is 5.47. The number of rotatable bonds is 2. The van der Waals surface area contributed by atoms with Crippen molar-refractivity contribution in [1.82, 2.24) is 25.2 Å². The van der Waals surface area contributed by atoms with Gasteiger partial charge < -0.3 is 0 Å². The summed E-state index contributed by atoms with van der Waals surface area (Å²) >= 11 is 0. The lowest BCUT2D eigenvalue weighted by Crippen LogP contribution is -1.93. The summed E-state index contributed by atoms with van der Waals surface area (Å²) in [7, 11) is 1.74. The highest BCUT2D eigenvalue weighted by atomic mass is 15.6. The Morgan fingerprint density at radius 1 is 1.27 bits per heavy atom. The Morgan fingerprint density at radius 2 is 2.07 bits per heavy atom. The van der Waals surface area contributed by atoms with Crippen LogP contribution in [0, 0.1) is 0 Å². The molecule has 0 atom stereocenters. The van der Waals surface area contributed by atoms with E-state index < -0.39 is 0 Å². The Kier molecular flexibility index (Phi) is 2.45. The van der Waals surface area contributed by atoms with Crippen LogP contribution in [-0.4, -0.2) is 25.2 Å². The van der Waals surface area contributed by atoms with Crippen molar-refractivity contribution >= 4 is 0 Å². The number of hydrogen-bond acceptors (Lipinski definition) is 4. The monoisotopic (exact) mass is 203 g/mol. The summed E-state index contributed by atoms with van der Waals surface area (Å²) in [6.45, 7) is 4.27. The second kappa shape index (κ2) is 3.76. The Bertz CT molecular complexity index is 443. The van der Waals surface area contributed by atoms with E-state index in [4.69, 9.17) is 0 Å². The molecule has 0 aliphatic carbocycles. The van der Waals surface area contributed by atoms with Gasteiger partial charge in [0.05, 0.1) is 7.05 Å². The molecule has 0 saturated heterocycles. The minimum atomic E-state index is 0.487. The molecule has 0 amide bonds. The summed E-state index contributed by atoms with van der Waals surface area (Å²) in [4.78, 5) is 5.73. The van der Waals surface area contributed by atoms with E-state index in [-0.39, 0.29) is 0 Å². The predicted octanol–water partition coefficient (Wildman–Crippen LogP) is 1.40. The minimum Gasteiger partial charge on any atom is -0.252 e. The number of pyridine rings is 1. The number of tetrazole rings is 1. The van der Waals surface area contributed by atoms with Gasteiger partial charge in [-0.15, -0.1) is 10.2 Å². The zero-order valence-corrected chi connectivity index (χ0v) is 9.05. The summed E-state index contributed by atoms with van der Waals surface area (Å²) in [6, 6.07) is 3.97. The van der Waals surface area contributed by atoms with Gasteiger partial charge in [0, 0.05) is 6.20 Å². The third-order valence-corrected chi connectivity index (χ3v) is 2.19. The first kappa shape index (κ1) is 9.76. The van der Waals surface area contributed by atoms with E-state index in [2.05, 4.69) is 34.2 Å². The minimum absolute atomic E-state index is 0.487. The summed E-state index contributed by atoms with van der Waals surface area (Å²) < 4.78 is 0. The third kappa shape index (κ3) is 2.01. The SMILES string of the molecule is CC(C)c1ccc(-c2nnn(C)n2)nc1. The van der Waals surface area contributed by atoms with Crippen LogP contribution in [0.25, 0.3) is 11.5 Å². The van der Waals surface area contributed by atoms with E-state index in [0.29, 0.717) is 11.7 Å². The average Bonchev–Trinajstić information content (AvgIpc) is 2.65. The van der Waals surface area contributed by atoms with Crippen molar-refractivity contribution in [3.8, 4) is 11.5 Å². The molecular formula is C10H13N5. The number of hydrogen-bond donors (Lipinski definition) is 0. The maximum Gasteiger partial charge on any atom is 0.223 e. The Hall–Kier alpha value is -1.78. The second-order valence-corrected chi connectivity index (χ2v) is 3.73. The maximum atomic E-state index is 4.31. The van der Waals surface area contributed by atoms with E-state index in [1.807, 2.05) is 18.3 Å². The van der Waals surface area contributed by atoms with Crippen LogP contribution >= 0.6 is 0 Å². The molecule has 0 spiro atoms. The van der Waals surface area contributed by atoms with Gasteiger partial charge in [-0.1, -0.05) is 19.9 Å². The van der Waals surface area contributed by atoms with Gasteiger partial charge in [0.25, 0.3) is 0 Å². The Morgan fingerprint density at radius 3 is 2.53 bits per heavy atom. The summed E-state index contributed by atoms with van der Waals surface area (Å²) in [5.74, 6) is 1.05. The van der Waals surface area contributed by atoms with Crippen molar-refractivity contribution in [3.05, 3.63) is 23.9 Å². The smallest absolute Gasteiger partial charge is 0.223 e. The molecule has 0 saturated carbocycles. The van der Waals surface area contributed by atoms with E-state index in [1.54, 1.807) is 7.05 Å². The quantitative estimate of drug-likeness (QED) is 0.740. The summed E-state index contributed by atoms with van der Waals surface area (Å²) in [6.07, 6.45) is 1.86. The van der Waals surface area contributed by atoms with Crippen LogP contribution in [0.4, 0.5) is 0 Å². The summed E-state index contributed by atoms with van der Waals surface area (Å²) in [5.41, 5.74) is 1.97. The second-order valence-electron chi connectivity index (χ2n) is 3.73. The maximum absolute atomic E-state index is 4.31. The van der Waals surface area contributed by atoms with E-state index in [9.17, 15) is 0 Å². The molecule has 0 N–H and O–H groups in total. The first-order valence-corrected chi connectivity index (χ1v) is 4.87. The molecule has 0 aliphatic heterocycles. The molecule has 0 aliphatic rings. The van der Waals surface area contributed by atoms with Crippen molar-refractivity contribution in [2.45, 2.75) is 19.8 Å². The van der Waals surface area contributed by atoms with Crippen LogP contribution < -0.4 is 0 Å². The van der Waals surface area contributed by atoms with Crippen molar-refractivity contribution in [1.29, 1.82) is 0 Å². The van der Waals surface area contributed by atoms with Gasteiger partial charge >= 0.3 is 0 Å². The van der Waals surface area contributed by atoms with E-state index >= 15 is 0 Å². The van der Waals surface area contributed by atoms with Gasteiger partial charge in [0.1, 0.15) is 5.69 Å². The number of aromatic nitrogens is 5. The predicted molar refractivity (Wildman–Crippen MR) is 56.1 cm³/mol. The first-order valence-electron chi connectivity index (χ1n) is 4.87. The molecule has 0 fully saturated rings. The molecule has 0 aromatic carbocycles. The molecule has 0 radical (unpaired) electrons. The van der Waals surface area contributed by atoms with Crippen molar-refractivity contribution in [2.75, 3.05) is 0 Å². The van der Waals surface area contributed by atoms with Crippen molar-refractivity contribution in [2.24, 2.45) is 7.05 Å². The molecule has 78 valence electrons. The zero-order chi connectivity index (χ0) is 10.8. The highest BCUT2D eigenvalue weighted by Crippen LogP contribution is 2.16. The van der Waals surface area contributed by atoms with Gasteiger partial charge in [-0.05, 0) is 22.8 Å². The molecule has 0 unspecified atom stereocenters. The molecule has 5 heteroatoms. The molecule has 15 heavy (non-hydrogen) atoms. The van der Waals surface area contributed by atoms with Crippen LogP contribution in [0.1, 0.15) is 25.3 Å². The average molecular weight is 203 g/mol. The van der Waals surface area contributed by atoms with Gasteiger partial charge in [0.2, 0.25) is 5.82 Å². The molecule has 2 aromatic rings. The van der Waals surface area contributed by atoms with E-state index in [0.717, 1.165) is 5.69 Å². The van der Waals surface area contributed by atoms with Crippen LogP contribution in [0.3, 0.4) is 0 Å². The van der Waals surface area contributed by atoms with Gasteiger partial charge in [-0.3, -0.25) is 4.98 Å². The van der Waals surface area contributed by atoms with Gasteiger partial charge in [0.15, 0.2) is 0 Å². The zero-order valence-electron chi connectivity index (χ0n) is 9.05. The first-order chi connectivity index (χ1) is 7.16. The topological polar surface area (TPSA) is 56.5 Å². The van der Waals surface area contributed by atoms with Gasteiger partial charge in [-0.2, -0.15) is 4.80 Å². The van der Waals surface area contributed by atoms with Gasteiger partial charge in [-0.25, -0.2) is 0 Å². The lowest BCUT2D eigenvalue weighted by Gasteiger charge is -2.03. The van der Waals surface area contributed by atoms with Crippen LogP contribution in [-0.2, 0) is 7.05 Å². The van der Waals surface area contributed by atoms with Crippen molar-refractivity contribution < 1.29 is 0 Å². The van der Waals surface area contributed by atoms with Crippen LogP contribution in [0.5, 0.6) is 0 Å². The molecule has 5 nitrogen and oxygen atoms in total. The fourth-order valence-electron chi connectivity index (χ4n) is 1.27. The van der Waals surface area contributed by atoms with E-state index in [1.165, 1.54) is 10.4 Å². The fraction of sp³-hybridized carbons (Fsp3) is 0.400. The third-order valence-electron chi connectivity index (χ3n) is 2.19. The normalized spacial score (nSPS) is 10.9. The standard InChI is InChI=1S/C10H13N5/c1-7(2)8-4-5-9(11-6-8)10-12-14-15(3)13-10/h4-7H,1-3H3. The molecule has 2 rings (SSSR count). The molecule has 2 heterocycles. The highest BCUT2D eigenvalue weighted by Gasteiger charge is 2.06. The number of nitrogens with zero attached hydrogens (tertiary/aromatic N) is 5. The molecule has 0 bridgehead atoms. The Labute approximate surface area is 88.2 Å². The largest absolute Gasteiger partial charge is 0.252 e. The Balaban J connectivity index is 2.31. The number of aryl methyl sites for hydroxylation is 1.